The highest BCUT2D eigenvalue weighted by Gasteiger charge is 2.15. The topological polar surface area (TPSA) is 37.8 Å². The second-order valence-electron chi connectivity index (χ2n) is 5.07. The fourth-order valence-electron chi connectivity index (χ4n) is 2.16. The Balaban J connectivity index is 2.49. The van der Waals surface area contributed by atoms with Crippen LogP contribution in [0.1, 0.15) is 38.7 Å². The van der Waals surface area contributed by atoms with Gasteiger partial charge in [-0.1, -0.05) is 48.8 Å². The Morgan fingerprint density at radius 2 is 1.85 bits per heavy atom. The molecule has 106 valence electrons. The lowest BCUT2D eigenvalue weighted by Crippen LogP contribution is -2.08. The second-order valence-corrected chi connectivity index (χ2v) is 5.99. The van der Waals surface area contributed by atoms with Crippen LogP contribution in [0.25, 0.3) is 11.3 Å². The van der Waals surface area contributed by atoms with Gasteiger partial charge in [0.2, 0.25) is 0 Å². The number of nitrogens with one attached hydrogen (secondary N) is 1. The van der Waals surface area contributed by atoms with E-state index in [0.717, 1.165) is 34.5 Å². The molecular weight excluding hydrogens is 314 g/mol. The first-order valence-corrected chi connectivity index (χ1v) is 7.77. The summed E-state index contributed by atoms with van der Waals surface area (Å²) in [5, 5.41) is 3.41. The van der Waals surface area contributed by atoms with Gasteiger partial charge in [0.05, 0.1) is 5.69 Å². The molecule has 4 heteroatoms. The van der Waals surface area contributed by atoms with E-state index in [4.69, 9.17) is 0 Å². The van der Waals surface area contributed by atoms with E-state index in [0.29, 0.717) is 5.92 Å². The summed E-state index contributed by atoms with van der Waals surface area (Å²) in [5.74, 6) is 1.32. The highest BCUT2D eigenvalue weighted by Crippen LogP contribution is 2.32. The summed E-state index contributed by atoms with van der Waals surface area (Å²) in [6.45, 7) is 7.44. The lowest BCUT2D eigenvalue weighted by molar-refractivity contribution is 0.844. The van der Waals surface area contributed by atoms with Crippen molar-refractivity contribution in [3.63, 3.8) is 0 Å². The van der Waals surface area contributed by atoms with Gasteiger partial charge in [-0.2, -0.15) is 0 Å². The molecule has 0 fully saturated rings. The average Bonchev–Trinajstić information content (AvgIpc) is 2.45. The van der Waals surface area contributed by atoms with Crippen molar-refractivity contribution >= 4 is 21.7 Å². The first kappa shape index (κ1) is 15.0. The normalized spacial score (nSPS) is 10.8. The van der Waals surface area contributed by atoms with E-state index in [2.05, 4.69) is 64.1 Å². The van der Waals surface area contributed by atoms with Gasteiger partial charge >= 0.3 is 0 Å². The van der Waals surface area contributed by atoms with Crippen LogP contribution in [0.15, 0.2) is 35.1 Å². The summed E-state index contributed by atoms with van der Waals surface area (Å²) < 4.78 is 1.07. The van der Waals surface area contributed by atoms with Crippen LogP contribution in [-0.2, 0) is 0 Å². The van der Waals surface area contributed by atoms with Crippen LogP contribution in [0.5, 0.6) is 0 Å². The summed E-state index contributed by atoms with van der Waals surface area (Å²) in [6, 6.07) is 8.26. The highest BCUT2D eigenvalue weighted by atomic mass is 79.9. The minimum Gasteiger partial charge on any atom is -0.370 e. The molecule has 0 unspecified atom stereocenters. The van der Waals surface area contributed by atoms with Gasteiger partial charge in [0.25, 0.3) is 0 Å². The number of halogens is 1. The molecule has 0 aliphatic carbocycles. The van der Waals surface area contributed by atoms with E-state index in [1.54, 1.807) is 6.33 Å². The summed E-state index contributed by atoms with van der Waals surface area (Å²) >= 11 is 3.47. The van der Waals surface area contributed by atoms with Gasteiger partial charge < -0.3 is 5.32 Å². The Labute approximate surface area is 129 Å². The SMILES string of the molecule is CCCNc1ncnc(-c2ccc(Br)cc2)c1C(C)C. The maximum Gasteiger partial charge on any atom is 0.133 e. The molecule has 0 atom stereocenters. The molecule has 2 rings (SSSR count). The minimum absolute atomic E-state index is 0.370. The molecular formula is C16H20BrN3. The third kappa shape index (κ3) is 3.37. The zero-order valence-corrected chi connectivity index (χ0v) is 13.7. The van der Waals surface area contributed by atoms with E-state index >= 15 is 0 Å². The van der Waals surface area contributed by atoms with E-state index in [9.17, 15) is 0 Å². The predicted molar refractivity (Wildman–Crippen MR) is 88.0 cm³/mol. The molecule has 3 nitrogen and oxygen atoms in total. The molecule has 0 aliphatic heterocycles. The van der Waals surface area contributed by atoms with Crippen LogP contribution in [0.4, 0.5) is 5.82 Å². The molecule has 20 heavy (non-hydrogen) atoms. The molecule has 0 bridgehead atoms. The lowest BCUT2D eigenvalue weighted by Gasteiger charge is -2.17. The van der Waals surface area contributed by atoms with Crippen molar-refractivity contribution in [3.8, 4) is 11.3 Å². The third-order valence-corrected chi connectivity index (χ3v) is 3.65. The van der Waals surface area contributed by atoms with Crippen LogP contribution >= 0.6 is 15.9 Å². The van der Waals surface area contributed by atoms with Crippen molar-refractivity contribution < 1.29 is 0 Å². The van der Waals surface area contributed by atoms with Gasteiger partial charge in [0.15, 0.2) is 0 Å². The molecule has 0 aliphatic rings. The monoisotopic (exact) mass is 333 g/mol. The summed E-state index contributed by atoms with van der Waals surface area (Å²) in [4.78, 5) is 8.91. The van der Waals surface area contributed by atoms with Crippen LogP contribution in [0, 0.1) is 0 Å². The van der Waals surface area contributed by atoms with E-state index in [-0.39, 0.29) is 0 Å². The Kier molecular flexibility index (Phi) is 5.12. The highest BCUT2D eigenvalue weighted by molar-refractivity contribution is 9.10. The van der Waals surface area contributed by atoms with Gasteiger partial charge in [0, 0.05) is 22.1 Å². The fraction of sp³-hybridized carbons (Fsp3) is 0.375. The van der Waals surface area contributed by atoms with Crippen LogP contribution in [0.2, 0.25) is 0 Å². The second kappa shape index (κ2) is 6.84. The summed E-state index contributed by atoms with van der Waals surface area (Å²) in [7, 11) is 0. The Hall–Kier alpha value is -1.42. The minimum atomic E-state index is 0.370. The quantitative estimate of drug-likeness (QED) is 0.849. The van der Waals surface area contributed by atoms with Gasteiger partial charge in [-0.25, -0.2) is 9.97 Å². The molecule has 1 heterocycles. The lowest BCUT2D eigenvalue weighted by atomic mass is 9.97. The van der Waals surface area contributed by atoms with Crippen LogP contribution < -0.4 is 5.32 Å². The smallest absolute Gasteiger partial charge is 0.133 e. The maximum absolute atomic E-state index is 4.50. The predicted octanol–water partition coefficient (Wildman–Crippen LogP) is 4.85. The van der Waals surface area contributed by atoms with Crippen molar-refractivity contribution in [2.24, 2.45) is 0 Å². The van der Waals surface area contributed by atoms with Crippen molar-refractivity contribution in [1.82, 2.24) is 9.97 Å². The van der Waals surface area contributed by atoms with E-state index in [1.165, 1.54) is 5.56 Å². The number of rotatable bonds is 5. The first-order chi connectivity index (χ1) is 9.63. The zero-order valence-electron chi connectivity index (χ0n) is 12.2. The standard InChI is InChI=1S/C16H20BrN3/c1-4-9-18-16-14(11(2)3)15(19-10-20-16)12-5-7-13(17)8-6-12/h5-8,10-11H,4,9H2,1-3H3,(H,18,19,20). The number of nitrogens with zero attached hydrogens (tertiary/aromatic N) is 2. The van der Waals surface area contributed by atoms with Crippen molar-refractivity contribution in [3.05, 3.63) is 40.6 Å². The molecule has 0 amide bonds. The largest absolute Gasteiger partial charge is 0.370 e. The average molecular weight is 334 g/mol. The summed E-state index contributed by atoms with van der Waals surface area (Å²) in [6.07, 6.45) is 2.72. The van der Waals surface area contributed by atoms with Crippen molar-refractivity contribution in [2.75, 3.05) is 11.9 Å². The number of hydrogen-bond acceptors (Lipinski definition) is 3. The van der Waals surface area contributed by atoms with E-state index < -0.39 is 0 Å². The molecule has 0 radical (unpaired) electrons. The molecule has 0 spiro atoms. The van der Waals surface area contributed by atoms with Crippen LogP contribution in [0.3, 0.4) is 0 Å². The van der Waals surface area contributed by atoms with Gasteiger partial charge in [0.1, 0.15) is 12.1 Å². The molecule has 0 saturated heterocycles. The number of aromatic nitrogens is 2. The first-order valence-electron chi connectivity index (χ1n) is 6.98. The van der Waals surface area contributed by atoms with Crippen molar-refractivity contribution in [1.29, 1.82) is 0 Å². The molecule has 1 aromatic heterocycles. The number of benzene rings is 1. The number of anilines is 1. The van der Waals surface area contributed by atoms with Gasteiger partial charge in [-0.3, -0.25) is 0 Å². The summed E-state index contributed by atoms with van der Waals surface area (Å²) in [5.41, 5.74) is 3.32. The maximum atomic E-state index is 4.50. The zero-order chi connectivity index (χ0) is 14.5. The van der Waals surface area contributed by atoms with Crippen LogP contribution in [-0.4, -0.2) is 16.5 Å². The Morgan fingerprint density at radius 1 is 1.15 bits per heavy atom. The molecule has 1 N–H and O–H groups in total. The molecule has 0 saturated carbocycles. The third-order valence-electron chi connectivity index (χ3n) is 3.12. The molecule has 1 aromatic carbocycles. The van der Waals surface area contributed by atoms with Gasteiger partial charge in [-0.15, -0.1) is 0 Å². The Morgan fingerprint density at radius 3 is 2.45 bits per heavy atom. The number of hydrogen-bond donors (Lipinski definition) is 1. The fourth-order valence-corrected chi connectivity index (χ4v) is 2.43. The molecule has 2 aromatic rings. The van der Waals surface area contributed by atoms with Crippen molar-refractivity contribution in [2.45, 2.75) is 33.1 Å². The Bertz CT molecular complexity index is 564. The van der Waals surface area contributed by atoms with E-state index in [1.807, 2.05) is 12.1 Å². The van der Waals surface area contributed by atoms with Gasteiger partial charge in [-0.05, 0) is 24.5 Å².